The van der Waals surface area contributed by atoms with Gasteiger partial charge in [0.2, 0.25) is 0 Å². The van der Waals surface area contributed by atoms with Gasteiger partial charge in [0.05, 0.1) is 25.0 Å². The minimum Gasteiger partial charge on any atom is -0.395 e. The highest BCUT2D eigenvalue weighted by Crippen LogP contribution is 2.33. The summed E-state index contributed by atoms with van der Waals surface area (Å²) < 4.78 is 5.32. The molecule has 4 nitrogen and oxygen atoms in total. The van der Waals surface area contributed by atoms with Gasteiger partial charge < -0.3 is 19.4 Å². The van der Waals surface area contributed by atoms with E-state index >= 15 is 0 Å². The molecule has 12 heavy (non-hydrogen) atoms. The average molecular weight is 169 g/mol. The molecule has 0 bridgehead atoms. The summed E-state index contributed by atoms with van der Waals surface area (Å²) in [5.41, 5.74) is 0. The third-order valence-corrected chi connectivity index (χ3v) is 2.64. The number of hydrogen-bond acceptors (Lipinski definition) is 4. The van der Waals surface area contributed by atoms with Crippen molar-refractivity contribution in [2.24, 2.45) is 0 Å². The summed E-state index contributed by atoms with van der Waals surface area (Å²) in [6, 6.07) is 0.124. The number of carbonyl (C=O) groups is 1. The van der Waals surface area contributed by atoms with Crippen LogP contribution >= 0.6 is 0 Å². The highest BCUT2D eigenvalue weighted by molar-refractivity contribution is 6.64. The van der Waals surface area contributed by atoms with Crippen LogP contribution in [0.5, 0.6) is 0 Å². The predicted molar refractivity (Wildman–Crippen MR) is 44.8 cm³/mol. The van der Waals surface area contributed by atoms with E-state index < -0.39 is 0 Å². The van der Waals surface area contributed by atoms with Crippen molar-refractivity contribution in [3.63, 3.8) is 0 Å². The molecule has 0 aromatic rings. The van der Waals surface area contributed by atoms with Gasteiger partial charge in [0.1, 0.15) is 0 Å². The summed E-state index contributed by atoms with van der Waals surface area (Å²) in [4.78, 5) is 12.3. The number of aliphatic hydroxyl groups excluding tert-OH is 1. The summed E-state index contributed by atoms with van der Waals surface area (Å²) in [6.07, 6.45) is 2.43. The standard InChI is InChI=1S/C7H12BNO3/c10-3-5-1-6-7(12-6)2-9(5)8-4-11/h4-8,10H,1-3H2/t5-,6-,7+/m0/s1. The highest BCUT2D eigenvalue weighted by atomic mass is 16.6. The Morgan fingerprint density at radius 1 is 1.67 bits per heavy atom. The van der Waals surface area contributed by atoms with Gasteiger partial charge in [-0.05, 0) is 6.42 Å². The quantitative estimate of drug-likeness (QED) is 0.313. The second-order valence-electron chi connectivity index (χ2n) is 3.41. The van der Waals surface area contributed by atoms with Crippen LogP contribution in [0.25, 0.3) is 0 Å². The maximum absolute atomic E-state index is 10.3. The number of rotatable bonds is 3. The van der Waals surface area contributed by atoms with Gasteiger partial charge in [-0.15, -0.1) is 0 Å². The number of carbonyl (C=O) groups excluding carboxylic acids is 1. The smallest absolute Gasteiger partial charge is 0.281 e. The van der Waals surface area contributed by atoms with Gasteiger partial charge in [-0.2, -0.15) is 0 Å². The van der Waals surface area contributed by atoms with Crippen LogP contribution in [0.1, 0.15) is 6.42 Å². The molecule has 2 aliphatic rings. The summed E-state index contributed by atoms with van der Waals surface area (Å²) in [7, 11) is 0.414. The van der Waals surface area contributed by atoms with E-state index in [-0.39, 0.29) is 12.6 Å². The molecule has 0 spiro atoms. The molecule has 1 N–H and O–H groups in total. The predicted octanol–water partition coefficient (Wildman–Crippen LogP) is -1.64. The molecule has 2 aliphatic heterocycles. The first-order valence-electron chi connectivity index (χ1n) is 4.29. The second kappa shape index (κ2) is 3.16. The first-order valence-corrected chi connectivity index (χ1v) is 4.29. The topological polar surface area (TPSA) is 53.1 Å². The molecular weight excluding hydrogens is 157 g/mol. The zero-order chi connectivity index (χ0) is 8.55. The van der Waals surface area contributed by atoms with Gasteiger partial charge in [-0.3, -0.25) is 0 Å². The Bertz CT molecular complexity index is 189. The molecule has 0 unspecified atom stereocenters. The van der Waals surface area contributed by atoms with Crippen LogP contribution in [-0.2, 0) is 9.53 Å². The molecule has 0 aromatic carbocycles. The van der Waals surface area contributed by atoms with Gasteiger partial charge in [-0.1, -0.05) is 0 Å². The van der Waals surface area contributed by atoms with E-state index in [0.717, 1.165) is 19.2 Å². The number of ether oxygens (including phenoxy) is 1. The molecule has 2 rings (SSSR count). The number of piperidine rings is 1. The number of epoxide rings is 1. The van der Waals surface area contributed by atoms with Crippen LogP contribution in [0.3, 0.4) is 0 Å². The molecule has 66 valence electrons. The zero-order valence-corrected chi connectivity index (χ0v) is 6.85. The van der Waals surface area contributed by atoms with E-state index in [9.17, 15) is 4.79 Å². The molecule has 0 saturated carbocycles. The summed E-state index contributed by atoms with van der Waals surface area (Å²) >= 11 is 0. The van der Waals surface area contributed by atoms with Gasteiger partial charge in [0.25, 0.3) is 7.41 Å². The third kappa shape index (κ3) is 1.40. The molecule has 0 amide bonds. The normalized spacial score (nSPS) is 40.2. The number of nitrogens with zero attached hydrogens (tertiary/aromatic N) is 1. The Balaban J connectivity index is 1.93. The summed E-state index contributed by atoms with van der Waals surface area (Å²) in [6.45, 7) is 0.926. The van der Waals surface area contributed by atoms with Crippen molar-refractivity contribution in [3.8, 4) is 0 Å². The monoisotopic (exact) mass is 169 g/mol. The van der Waals surface area contributed by atoms with E-state index in [1.54, 1.807) is 0 Å². The SMILES string of the molecule is O=CBN1C[C@H]2O[C@H]2C[C@H]1CO. The van der Waals surface area contributed by atoms with Gasteiger partial charge >= 0.3 is 0 Å². The van der Waals surface area contributed by atoms with E-state index in [4.69, 9.17) is 9.84 Å². The van der Waals surface area contributed by atoms with Crippen LogP contribution in [0.4, 0.5) is 0 Å². The van der Waals surface area contributed by atoms with Gasteiger partial charge in [-0.25, -0.2) is 0 Å². The van der Waals surface area contributed by atoms with E-state index in [1.165, 1.54) is 0 Å². The van der Waals surface area contributed by atoms with Crippen molar-refractivity contribution < 1.29 is 14.6 Å². The van der Waals surface area contributed by atoms with Crippen molar-refractivity contribution in [3.05, 3.63) is 0 Å². The molecule has 0 radical (unpaired) electrons. The van der Waals surface area contributed by atoms with Crippen LogP contribution < -0.4 is 0 Å². The lowest BCUT2D eigenvalue weighted by Gasteiger charge is -2.30. The minimum atomic E-state index is 0.124. The van der Waals surface area contributed by atoms with E-state index in [1.807, 2.05) is 4.81 Å². The van der Waals surface area contributed by atoms with Crippen LogP contribution in [0, 0.1) is 0 Å². The molecule has 2 heterocycles. The van der Waals surface area contributed by atoms with Crippen molar-refractivity contribution in [1.82, 2.24) is 4.81 Å². The van der Waals surface area contributed by atoms with Crippen molar-refractivity contribution in [2.75, 3.05) is 13.2 Å². The van der Waals surface area contributed by atoms with Crippen molar-refractivity contribution in [1.29, 1.82) is 0 Å². The van der Waals surface area contributed by atoms with Crippen LogP contribution in [0.2, 0.25) is 0 Å². The lowest BCUT2D eigenvalue weighted by Crippen LogP contribution is -2.47. The second-order valence-corrected chi connectivity index (χ2v) is 3.41. The maximum atomic E-state index is 10.3. The lowest BCUT2D eigenvalue weighted by atomic mass is 9.87. The van der Waals surface area contributed by atoms with Crippen molar-refractivity contribution >= 4 is 13.6 Å². The first-order chi connectivity index (χ1) is 5.85. The minimum absolute atomic E-state index is 0.124. The molecule has 0 aromatic heterocycles. The lowest BCUT2D eigenvalue weighted by molar-refractivity contribution is 0.168. The third-order valence-electron chi connectivity index (χ3n) is 2.64. The van der Waals surface area contributed by atoms with Gasteiger partial charge in [0, 0.05) is 12.6 Å². The molecule has 2 fully saturated rings. The van der Waals surface area contributed by atoms with Crippen molar-refractivity contribution in [2.45, 2.75) is 24.7 Å². The highest BCUT2D eigenvalue weighted by Gasteiger charge is 2.46. The molecule has 5 heteroatoms. The number of aliphatic hydroxyl groups is 1. The fourth-order valence-electron chi connectivity index (χ4n) is 1.85. The maximum Gasteiger partial charge on any atom is 0.281 e. The number of fused-ring (bicyclic) bond motifs is 1. The summed E-state index contributed by atoms with van der Waals surface area (Å²) in [5.74, 6) is 0. The zero-order valence-electron chi connectivity index (χ0n) is 6.85. The Hall–Kier alpha value is -0.385. The van der Waals surface area contributed by atoms with E-state index in [0.29, 0.717) is 19.6 Å². The molecular formula is C7H12BNO3. The van der Waals surface area contributed by atoms with Crippen LogP contribution in [0.15, 0.2) is 0 Å². The Labute approximate surface area is 71.8 Å². The Kier molecular flexibility index (Phi) is 2.17. The summed E-state index contributed by atoms with van der Waals surface area (Å²) in [5, 5.41) is 9.01. The van der Waals surface area contributed by atoms with Crippen LogP contribution in [-0.4, -0.2) is 54.9 Å². The van der Waals surface area contributed by atoms with Gasteiger partial charge in [0.15, 0.2) is 0 Å². The average Bonchev–Trinajstić information content (AvgIpc) is 2.81. The largest absolute Gasteiger partial charge is 0.395 e. The Morgan fingerprint density at radius 2 is 2.50 bits per heavy atom. The first kappa shape index (κ1) is 8.22. The molecule has 3 atom stereocenters. The van der Waals surface area contributed by atoms with E-state index in [2.05, 4.69) is 0 Å². The number of hydrogen-bond donors (Lipinski definition) is 1. The Morgan fingerprint density at radius 3 is 3.17 bits per heavy atom. The fourth-order valence-corrected chi connectivity index (χ4v) is 1.85. The fraction of sp³-hybridized carbons (Fsp3) is 0.857. The molecule has 0 aliphatic carbocycles. The molecule has 2 saturated heterocycles.